The number of aliphatic carboxylic acids is 1. The van der Waals surface area contributed by atoms with E-state index >= 15 is 0 Å². The molecular weight excluding hydrogens is 450 g/mol. The summed E-state index contributed by atoms with van der Waals surface area (Å²) in [6.07, 6.45) is 4.07. The molecule has 3 rings (SSSR count). The fraction of sp³-hybridized carbons (Fsp3) is 0.630. The zero-order valence-corrected chi connectivity index (χ0v) is 21.3. The van der Waals surface area contributed by atoms with Gasteiger partial charge in [-0.05, 0) is 57.1 Å². The molecule has 35 heavy (non-hydrogen) atoms. The van der Waals surface area contributed by atoms with Crippen LogP contribution in [0.2, 0.25) is 0 Å². The van der Waals surface area contributed by atoms with Gasteiger partial charge in [-0.15, -0.1) is 0 Å². The van der Waals surface area contributed by atoms with Crippen LogP contribution >= 0.6 is 0 Å². The summed E-state index contributed by atoms with van der Waals surface area (Å²) in [6, 6.07) is 9.14. The minimum Gasteiger partial charge on any atom is -0.478 e. The van der Waals surface area contributed by atoms with Crippen molar-refractivity contribution in [2.24, 2.45) is 5.92 Å². The fourth-order valence-electron chi connectivity index (χ4n) is 4.63. The highest BCUT2D eigenvalue weighted by molar-refractivity contribution is 5.86. The first kappa shape index (κ1) is 27.2. The summed E-state index contributed by atoms with van der Waals surface area (Å²) in [5, 5.41) is 9.84. The summed E-state index contributed by atoms with van der Waals surface area (Å²) in [5.41, 5.74) is 0.144. The highest BCUT2D eigenvalue weighted by Gasteiger charge is 2.50. The molecule has 1 aromatic rings. The Bertz CT molecular complexity index is 862. The lowest BCUT2D eigenvalue weighted by Gasteiger charge is -2.33. The average Bonchev–Trinajstić information content (AvgIpc) is 3.06. The molecule has 8 heteroatoms. The van der Waals surface area contributed by atoms with Crippen molar-refractivity contribution in [2.45, 2.75) is 90.6 Å². The molecule has 1 amide bonds. The van der Waals surface area contributed by atoms with Crippen molar-refractivity contribution < 1.29 is 33.6 Å². The van der Waals surface area contributed by atoms with E-state index in [4.69, 9.17) is 18.9 Å². The van der Waals surface area contributed by atoms with E-state index in [1.165, 1.54) is 0 Å². The first-order valence-corrected chi connectivity index (χ1v) is 12.5. The average molecular weight is 490 g/mol. The predicted octanol–water partition coefficient (Wildman–Crippen LogP) is 5.12. The number of amides is 1. The maximum atomic E-state index is 13.2. The molecule has 2 aliphatic heterocycles. The lowest BCUT2D eigenvalue weighted by Crippen LogP contribution is -2.48. The summed E-state index contributed by atoms with van der Waals surface area (Å²) in [5.74, 6) is -0.758. The molecule has 194 valence electrons. The second-order valence-electron chi connectivity index (χ2n) is 10.1. The normalized spacial score (nSPS) is 24.5. The van der Waals surface area contributed by atoms with Crippen molar-refractivity contribution in [1.29, 1.82) is 0 Å². The van der Waals surface area contributed by atoms with Crippen LogP contribution < -0.4 is 0 Å². The number of carbonyl (C=O) groups excluding carboxylic acids is 1. The van der Waals surface area contributed by atoms with Gasteiger partial charge in [0.25, 0.3) is 0 Å². The smallest absolute Gasteiger partial charge is 0.412 e. The van der Waals surface area contributed by atoms with Crippen LogP contribution in [-0.4, -0.2) is 59.4 Å². The van der Waals surface area contributed by atoms with Crippen molar-refractivity contribution in [2.75, 3.05) is 13.2 Å². The van der Waals surface area contributed by atoms with Gasteiger partial charge in [0.1, 0.15) is 12.3 Å². The fourth-order valence-corrected chi connectivity index (χ4v) is 4.63. The van der Waals surface area contributed by atoms with Gasteiger partial charge < -0.3 is 24.1 Å². The van der Waals surface area contributed by atoms with Crippen molar-refractivity contribution in [3.8, 4) is 0 Å². The van der Waals surface area contributed by atoms with Crippen LogP contribution in [0.1, 0.15) is 65.4 Å². The molecule has 1 N–H and O–H groups in total. The van der Waals surface area contributed by atoms with Crippen molar-refractivity contribution >= 4 is 12.1 Å². The number of rotatable bonds is 10. The number of carboxylic acids is 1. The van der Waals surface area contributed by atoms with Gasteiger partial charge in [-0.25, -0.2) is 9.59 Å². The highest BCUT2D eigenvalue weighted by Crippen LogP contribution is 2.37. The van der Waals surface area contributed by atoms with Gasteiger partial charge in [0.2, 0.25) is 0 Å². The Balaban J connectivity index is 1.72. The summed E-state index contributed by atoms with van der Waals surface area (Å²) in [7, 11) is 0. The molecule has 2 saturated heterocycles. The lowest BCUT2D eigenvalue weighted by molar-refractivity contribution is -0.162. The molecule has 1 unspecified atom stereocenters. The van der Waals surface area contributed by atoms with E-state index in [1.807, 2.05) is 44.2 Å². The highest BCUT2D eigenvalue weighted by atomic mass is 16.7. The molecule has 2 fully saturated rings. The van der Waals surface area contributed by atoms with Gasteiger partial charge in [0, 0.05) is 18.6 Å². The van der Waals surface area contributed by atoms with Crippen LogP contribution in [0.25, 0.3) is 0 Å². The van der Waals surface area contributed by atoms with Crippen LogP contribution in [0.5, 0.6) is 0 Å². The number of benzene rings is 1. The SMILES string of the molecule is CC(C)C[C@H]1[C@H](C=C(CCOC2CCCCO2)C(=O)O)OC(C)(C)N1C(=O)OCc1ccccc1. The third kappa shape index (κ3) is 7.78. The van der Waals surface area contributed by atoms with Gasteiger partial charge in [0.05, 0.1) is 18.8 Å². The van der Waals surface area contributed by atoms with Gasteiger partial charge in [-0.3, -0.25) is 4.90 Å². The second kappa shape index (κ2) is 12.5. The monoisotopic (exact) mass is 489 g/mol. The standard InChI is InChI=1S/C27H39NO7/c1-19(2)16-22-23(17-21(25(29)30)13-15-33-24-12-8-9-14-32-24)35-27(3,4)28(22)26(31)34-18-20-10-6-5-7-11-20/h5-7,10-11,17,19,22-24H,8-9,12-16,18H2,1-4H3,(H,29,30)/t22-,23-,24?/m0/s1. The molecule has 0 spiro atoms. The number of hydrogen-bond donors (Lipinski definition) is 1. The molecule has 2 heterocycles. The Kier molecular flexibility index (Phi) is 9.71. The molecule has 3 atom stereocenters. The summed E-state index contributed by atoms with van der Waals surface area (Å²) < 4.78 is 23.2. The molecule has 0 aromatic heterocycles. The van der Waals surface area contributed by atoms with Crippen LogP contribution in [0.4, 0.5) is 4.79 Å². The van der Waals surface area contributed by atoms with Crippen LogP contribution in [0, 0.1) is 5.92 Å². The Morgan fingerprint density at radius 1 is 1.23 bits per heavy atom. The Hall–Kier alpha value is -2.42. The van der Waals surface area contributed by atoms with Crippen LogP contribution in [-0.2, 0) is 30.3 Å². The van der Waals surface area contributed by atoms with Crippen LogP contribution in [0.15, 0.2) is 42.0 Å². The zero-order valence-electron chi connectivity index (χ0n) is 21.3. The largest absolute Gasteiger partial charge is 0.478 e. The number of hydrogen-bond acceptors (Lipinski definition) is 6. The topological polar surface area (TPSA) is 94.5 Å². The van der Waals surface area contributed by atoms with E-state index in [1.54, 1.807) is 11.0 Å². The third-order valence-electron chi connectivity index (χ3n) is 6.28. The van der Waals surface area contributed by atoms with Crippen molar-refractivity contribution in [3.05, 3.63) is 47.5 Å². The summed E-state index contributed by atoms with van der Waals surface area (Å²) in [4.78, 5) is 26.8. The maximum absolute atomic E-state index is 13.2. The molecule has 0 radical (unpaired) electrons. The molecular formula is C27H39NO7. The number of carbonyl (C=O) groups is 2. The molecule has 1 aromatic carbocycles. The van der Waals surface area contributed by atoms with Gasteiger partial charge in [-0.1, -0.05) is 44.2 Å². The van der Waals surface area contributed by atoms with Crippen LogP contribution in [0.3, 0.4) is 0 Å². The maximum Gasteiger partial charge on any atom is 0.412 e. The van der Waals surface area contributed by atoms with E-state index < -0.39 is 23.9 Å². The first-order valence-electron chi connectivity index (χ1n) is 12.5. The Labute approximate surface area is 208 Å². The predicted molar refractivity (Wildman–Crippen MR) is 131 cm³/mol. The van der Waals surface area contributed by atoms with E-state index in [-0.39, 0.29) is 43.5 Å². The molecule has 0 aliphatic carbocycles. The minimum absolute atomic E-state index is 0.155. The number of ether oxygens (including phenoxy) is 4. The second-order valence-corrected chi connectivity index (χ2v) is 10.1. The van der Waals surface area contributed by atoms with Crippen molar-refractivity contribution in [3.63, 3.8) is 0 Å². The van der Waals surface area contributed by atoms with Crippen molar-refractivity contribution in [1.82, 2.24) is 4.90 Å². The van der Waals surface area contributed by atoms with E-state index in [2.05, 4.69) is 13.8 Å². The zero-order chi connectivity index (χ0) is 25.4. The molecule has 0 saturated carbocycles. The van der Waals surface area contributed by atoms with Gasteiger partial charge in [-0.2, -0.15) is 0 Å². The quantitative estimate of drug-likeness (QED) is 0.456. The van der Waals surface area contributed by atoms with E-state index in [0.717, 1.165) is 24.8 Å². The number of carboxylic acid groups (broad SMARTS) is 1. The first-order chi connectivity index (χ1) is 16.7. The van der Waals surface area contributed by atoms with Gasteiger partial charge >= 0.3 is 12.1 Å². The third-order valence-corrected chi connectivity index (χ3v) is 6.28. The summed E-state index contributed by atoms with van der Waals surface area (Å²) in [6.45, 7) is 8.82. The van der Waals surface area contributed by atoms with E-state index in [0.29, 0.717) is 13.0 Å². The minimum atomic E-state index is -1.02. The summed E-state index contributed by atoms with van der Waals surface area (Å²) >= 11 is 0. The van der Waals surface area contributed by atoms with E-state index in [9.17, 15) is 14.7 Å². The Morgan fingerprint density at radius 2 is 1.97 bits per heavy atom. The number of nitrogens with zero attached hydrogens (tertiary/aromatic N) is 1. The Morgan fingerprint density at radius 3 is 2.60 bits per heavy atom. The molecule has 0 bridgehead atoms. The lowest BCUT2D eigenvalue weighted by atomic mass is 9.96. The van der Waals surface area contributed by atoms with Gasteiger partial charge in [0.15, 0.2) is 6.29 Å². The molecule has 8 nitrogen and oxygen atoms in total. The molecule has 2 aliphatic rings.